The average Bonchev–Trinajstić information content (AvgIpc) is 2.29. The van der Waals surface area contributed by atoms with Crippen LogP contribution in [0.2, 0.25) is 0 Å². The molecule has 0 saturated carbocycles. The van der Waals surface area contributed by atoms with Crippen molar-refractivity contribution >= 4 is 0 Å². The van der Waals surface area contributed by atoms with Crippen molar-refractivity contribution < 1.29 is 0 Å². The Morgan fingerprint density at radius 3 is 2.60 bits per heavy atom. The third kappa shape index (κ3) is 4.03. The predicted octanol–water partition coefficient (Wildman–Crippen LogP) is 1.48. The number of nitriles is 1. The van der Waals surface area contributed by atoms with Crippen LogP contribution in [0.1, 0.15) is 19.8 Å². The van der Waals surface area contributed by atoms with E-state index in [4.69, 9.17) is 5.26 Å². The highest BCUT2D eigenvalue weighted by molar-refractivity contribution is 4.90. The molecule has 1 aliphatic rings. The molecule has 1 atom stereocenters. The summed E-state index contributed by atoms with van der Waals surface area (Å²) in [5.74, 6) is 0. The minimum absolute atomic E-state index is 0.0697. The fourth-order valence-electron chi connectivity index (χ4n) is 1.92. The first-order chi connectivity index (χ1) is 7.27. The predicted molar refractivity (Wildman–Crippen MR) is 62.5 cm³/mol. The van der Waals surface area contributed by atoms with Gasteiger partial charge in [0.2, 0.25) is 0 Å². The van der Waals surface area contributed by atoms with Crippen LogP contribution >= 0.6 is 0 Å². The summed E-state index contributed by atoms with van der Waals surface area (Å²) >= 11 is 0. The Balaban J connectivity index is 2.18. The maximum absolute atomic E-state index is 8.81. The van der Waals surface area contributed by atoms with E-state index in [-0.39, 0.29) is 6.04 Å². The van der Waals surface area contributed by atoms with Gasteiger partial charge in [-0.2, -0.15) is 5.26 Å². The number of piperazine rings is 1. The summed E-state index contributed by atoms with van der Waals surface area (Å²) in [6, 6.07) is 2.37. The van der Waals surface area contributed by atoms with E-state index in [0.29, 0.717) is 0 Å². The van der Waals surface area contributed by atoms with E-state index in [1.54, 1.807) is 0 Å². The fourth-order valence-corrected chi connectivity index (χ4v) is 1.92. The quantitative estimate of drug-likeness (QED) is 0.505. The molecule has 1 aliphatic heterocycles. The number of rotatable bonds is 5. The van der Waals surface area contributed by atoms with Gasteiger partial charge in [-0.1, -0.05) is 6.08 Å². The van der Waals surface area contributed by atoms with Gasteiger partial charge in [-0.05, 0) is 26.3 Å². The van der Waals surface area contributed by atoms with Crippen LogP contribution in [0.4, 0.5) is 0 Å². The van der Waals surface area contributed by atoms with Crippen LogP contribution in [0.15, 0.2) is 12.7 Å². The van der Waals surface area contributed by atoms with Gasteiger partial charge >= 0.3 is 0 Å². The van der Waals surface area contributed by atoms with Gasteiger partial charge in [0.15, 0.2) is 0 Å². The molecule has 0 aliphatic carbocycles. The van der Waals surface area contributed by atoms with E-state index in [1.807, 2.05) is 13.0 Å². The fraction of sp³-hybridized carbons (Fsp3) is 0.750. The van der Waals surface area contributed by atoms with Gasteiger partial charge in [0, 0.05) is 26.2 Å². The second kappa shape index (κ2) is 6.60. The molecule has 84 valence electrons. The number of nitrogens with zero attached hydrogens (tertiary/aromatic N) is 3. The zero-order valence-corrected chi connectivity index (χ0v) is 9.65. The molecule has 3 heteroatoms. The molecular formula is C12H21N3. The molecule has 1 unspecified atom stereocenters. The normalized spacial score (nSPS) is 20.8. The Morgan fingerprint density at radius 2 is 2.07 bits per heavy atom. The van der Waals surface area contributed by atoms with Crippen LogP contribution in [0, 0.1) is 11.3 Å². The van der Waals surface area contributed by atoms with E-state index in [0.717, 1.165) is 32.6 Å². The molecule has 0 N–H and O–H groups in total. The Morgan fingerprint density at radius 1 is 1.40 bits per heavy atom. The molecule has 0 bridgehead atoms. The summed E-state index contributed by atoms with van der Waals surface area (Å²) in [4.78, 5) is 4.73. The summed E-state index contributed by atoms with van der Waals surface area (Å²) < 4.78 is 0. The first-order valence-electron chi connectivity index (χ1n) is 5.75. The van der Waals surface area contributed by atoms with Crippen LogP contribution in [0.5, 0.6) is 0 Å². The third-order valence-electron chi connectivity index (χ3n) is 3.02. The van der Waals surface area contributed by atoms with Crippen molar-refractivity contribution in [3.8, 4) is 6.07 Å². The molecule has 3 nitrogen and oxygen atoms in total. The van der Waals surface area contributed by atoms with Crippen LogP contribution in [0.3, 0.4) is 0 Å². The zero-order chi connectivity index (χ0) is 11.1. The van der Waals surface area contributed by atoms with Gasteiger partial charge in [-0.3, -0.25) is 4.90 Å². The van der Waals surface area contributed by atoms with E-state index in [2.05, 4.69) is 22.4 Å². The van der Waals surface area contributed by atoms with E-state index in [9.17, 15) is 0 Å². The van der Waals surface area contributed by atoms with Crippen LogP contribution in [-0.2, 0) is 0 Å². The van der Waals surface area contributed by atoms with Crippen LogP contribution in [-0.4, -0.2) is 48.6 Å². The van der Waals surface area contributed by atoms with Crippen molar-refractivity contribution in [3.05, 3.63) is 12.7 Å². The lowest BCUT2D eigenvalue weighted by atomic mass is 10.2. The van der Waals surface area contributed by atoms with Crippen molar-refractivity contribution in [2.45, 2.75) is 25.8 Å². The largest absolute Gasteiger partial charge is 0.301 e. The number of unbranched alkanes of at least 4 members (excludes halogenated alkanes) is 1. The second-order valence-corrected chi connectivity index (χ2v) is 4.11. The first kappa shape index (κ1) is 12.2. The van der Waals surface area contributed by atoms with E-state index < -0.39 is 0 Å². The lowest BCUT2D eigenvalue weighted by Gasteiger charge is -2.35. The molecular weight excluding hydrogens is 186 g/mol. The molecule has 15 heavy (non-hydrogen) atoms. The monoisotopic (exact) mass is 207 g/mol. The average molecular weight is 207 g/mol. The Bertz CT molecular complexity index is 224. The van der Waals surface area contributed by atoms with Crippen LogP contribution < -0.4 is 0 Å². The molecule has 0 aromatic rings. The zero-order valence-electron chi connectivity index (χ0n) is 9.65. The van der Waals surface area contributed by atoms with Gasteiger partial charge < -0.3 is 4.90 Å². The summed E-state index contributed by atoms with van der Waals surface area (Å²) in [6.45, 7) is 11.1. The van der Waals surface area contributed by atoms with Gasteiger partial charge in [0.25, 0.3) is 0 Å². The summed E-state index contributed by atoms with van der Waals surface area (Å²) in [7, 11) is 0. The lowest BCUT2D eigenvalue weighted by Crippen LogP contribution is -2.49. The highest BCUT2D eigenvalue weighted by Crippen LogP contribution is 2.06. The molecule has 1 saturated heterocycles. The molecule has 0 aromatic carbocycles. The first-order valence-corrected chi connectivity index (χ1v) is 5.75. The molecule has 0 spiro atoms. The van der Waals surface area contributed by atoms with E-state index >= 15 is 0 Å². The van der Waals surface area contributed by atoms with Crippen molar-refractivity contribution in [3.63, 3.8) is 0 Å². The topological polar surface area (TPSA) is 30.3 Å². The summed E-state index contributed by atoms with van der Waals surface area (Å²) in [6.07, 6.45) is 4.29. The van der Waals surface area contributed by atoms with Crippen molar-refractivity contribution in [2.24, 2.45) is 0 Å². The highest BCUT2D eigenvalue weighted by atomic mass is 15.3. The van der Waals surface area contributed by atoms with E-state index in [1.165, 1.54) is 13.0 Å². The highest BCUT2D eigenvalue weighted by Gasteiger charge is 2.19. The smallest absolute Gasteiger partial charge is 0.0950 e. The Hall–Kier alpha value is -0.850. The lowest BCUT2D eigenvalue weighted by molar-refractivity contribution is 0.118. The molecule has 0 aromatic heterocycles. The summed E-state index contributed by atoms with van der Waals surface area (Å²) in [5, 5.41) is 8.81. The van der Waals surface area contributed by atoms with Gasteiger partial charge in [-0.25, -0.2) is 0 Å². The maximum Gasteiger partial charge on any atom is 0.0950 e. The summed E-state index contributed by atoms with van der Waals surface area (Å²) in [5.41, 5.74) is 0. The number of hydrogen-bond acceptors (Lipinski definition) is 3. The minimum atomic E-state index is 0.0697. The molecule has 0 radical (unpaired) electrons. The van der Waals surface area contributed by atoms with Gasteiger partial charge in [-0.15, -0.1) is 6.58 Å². The van der Waals surface area contributed by atoms with Crippen LogP contribution in [0.25, 0.3) is 0 Å². The Labute approximate surface area is 93.0 Å². The maximum atomic E-state index is 8.81. The number of hydrogen-bond donors (Lipinski definition) is 0. The van der Waals surface area contributed by atoms with Crippen molar-refractivity contribution in [2.75, 3.05) is 32.7 Å². The van der Waals surface area contributed by atoms with Gasteiger partial charge in [0.05, 0.1) is 12.1 Å². The minimum Gasteiger partial charge on any atom is -0.301 e. The number of allylic oxidation sites excluding steroid dienone is 1. The van der Waals surface area contributed by atoms with Crippen molar-refractivity contribution in [1.29, 1.82) is 5.26 Å². The SMILES string of the molecule is C=CCCCN1CCN(C(C)C#N)CC1. The molecule has 1 heterocycles. The standard InChI is InChI=1S/C12H21N3/c1-3-4-5-6-14-7-9-15(10-8-14)12(2)11-13/h3,12H,1,4-10H2,2H3. The Kier molecular flexibility index (Phi) is 5.38. The molecule has 1 fully saturated rings. The molecule has 0 amide bonds. The van der Waals surface area contributed by atoms with Crippen molar-refractivity contribution in [1.82, 2.24) is 9.80 Å². The third-order valence-corrected chi connectivity index (χ3v) is 3.02. The van der Waals surface area contributed by atoms with Gasteiger partial charge in [0.1, 0.15) is 0 Å². The molecule has 1 rings (SSSR count). The second-order valence-electron chi connectivity index (χ2n) is 4.11.